The van der Waals surface area contributed by atoms with Gasteiger partial charge in [0.1, 0.15) is 11.7 Å². The van der Waals surface area contributed by atoms with Gasteiger partial charge in [-0.1, -0.05) is 18.2 Å². The molecule has 1 aromatic heterocycles. The molecule has 6 heteroatoms. The summed E-state index contributed by atoms with van der Waals surface area (Å²) in [6.45, 7) is 4.30. The van der Waals surface area contributed by atoms with Crippen LogP contribution in [0.4, 0.5) is 0 Å². The maximum Gasteiger partial charge on any atom is 0.344 e. The van der Waals surface area contributed by atoms with Crippen molar-refractivity contribution in [2.75, 3.05) is 6.54 Å². The van der Waals surface area contributed by atoms with E-state index in [1.54, 1.807) is 10.6 Å². The van der Waals surface area contributed by atoms with E-state index in [9.17, 15) is 9.59 Å². The standard InChI is InChI=1S/C22H25N3O3/c1-14(2)25-20-6-4-3-5-15(20)11-19(21(25)26)22(27)28-18-12-16-7-8-17(13-18)24(16)10-9-23/h3-6,11,14,16-18H,7-8,10,12-13H2,1-2H3. The molecule has 2 saturated heterocycles. The molecule has 0 N–H and O–H groups in total. The Kier molecular flexibility index (Phi) is 4.94. The van der Waals surface area contributed by atoms with Crippen LogP contribution >= 0.6 is 0 Å². The molecule has 0 saturated carbocycles. The Hall–Kier alpha value is -2.65. The summed E-state index contributed by atoms with van der Waals surface area (Å²) in [6, 6.07) is 12.0. The van der Waals surface area contributed by atoms with Crippen LogP contribution in [0.1, 0.15) is 55.9 Å². The van der Waals surface area contributed by atoms with Crippen molar-refractivity contribution in [1.82, 2.24) is 9.47 Å². The fraction of sp³-hybridized carbons (Fsp3) is 0.500. The Morgan fingerprint density at radius 2 is 1.93 bits per heavy atom. The van der Waals surface area contributed by atoms with Crippen LogP contribution in [-0.2, 0) is 4.74 Å². The van der Waals surface area contributed by atoms with Gasteiger partial charge in [0.15, 0.2) is 0 Å². The zero-order valence-corrected chi connectivity index (χ0v) is 16.3. The van der Waals surface area contributed by atoms with Gasteiger partial charge in [-0.15, -0.1) is 0 Å². The van der Waals surface area contributed by atoms with E-state index in [-0.39, 0.29) is 23.3 Å². The van der Waals surface area contributed by atoms with Gasteiger partial charge >= 0.3 is 5.97 Å². The lowest BCUT2D eigenvalue weighted by atomic mass is 9.99. The fourth-order valence-electron chi connectivity index (χ4n) is 4.82. The van der Waals surface area contributed by atoms with E-state index in [1.807, 2.05) is 38.1 Å². The van der Waals surface area contributed by atoms with Crippen molar-refractivity contribution >= 4 is 16.9 Å². The summed E-state index contributed by atoms with van der Waals surface area (Å²) in [5, 5.41) is 9.87. The fourth-order valence-corrected chi connectivity index (χ4v) is 4.82. The summed E-state index contributed by atoms with van der Waals surface area (Å²) in [5.41, 5.74) is 0.615. The van der Waals surface area contributed by atoms with Crippen molar-refractivity contribution in [1.29, 1.82) is 5.26 Å². The molecule has 0 radical (unpaired) electrons. The van der Waals surface area contributed by atoms with E-state index in [4.69, 9.17) is 10.00 Å². The minimum absolute atomic E-state index is 0.0600. The third-order valence-electron chi connectivity index (χ3n) is 6.05. The summed E-state index contributed by atoms with van der Waals surface area (Å²) in [6.07, 6.45) is 3.34. The molecule has 2 unspecified atom stereocenters. The van der Waals surface area contributed by atoms with Gasteiger partial charge in [0, 0.05) is 31.0 Å². The van der Waals surface area contributed by atoms with E-state index >= 15 is 0 Å². The van der Waals surface area contributed by atoms with Crippen LogP contribution in [0, 0.1) is 11.3 Å². The van der Waals surface area contributed by atoms with Crippen LogP contribution in [0.15, 0.2) is 35.1 Å². The van der Waals surface area contributed by atoms with Gasteiger partial charge in [0.05, 0.1) is 18.1 Å². The normalized spacial score (nSPS) is 24.4. The molecule has 0 spiro atoms. The van der Waals surface area contributed by atoms with Gasteiger partial charge in [-0.25, -0.2) is 4.79 Å². The average molecular weight is 379 g/mol. The molecular weight excluding hydrogens is 354 g/mol. The number of ether oxygens (including phenoxy) is 1. The van der Waals surface area contributed by atoms with Gasteiger partial charge in [0.25, 0.3) is 5.56 Å². The van der Waals surface area contributed by atoms with Gasteiger partial charge < -0.3 is 9.30 Å². The highest BCUT2D eigenvalue weighted by molar-refractivity contribution is 5.94. The molecule has 1 aromatic carbocycles. The number of piperidine rings is 1. The molecule has 2 aliphatic rings. The molecule has 146 valence electrons. The number of carbonyl (C=O) groups excluding carboxylic acids is 1. The lowest BCUT2D eigenvalue weighted by Crippen LogP contribution is -2.46. The van der Waals surface area contributed by atoms with E-state index in [1.165, 1.54) is 0 Å². The Morgan fingerprint density at radius 3 is 2.57 bits per heavy atom. The third-order valence-corrected chi connectivity index (χ3v) is 6.05. The first-order valence-corrected chi connectivity index (χ1v) is 9.97. The first-order chi connectivity index (χ1) is 13.5. The number of esters is 1. The Balaban J connectivity index is 1.60. The lowest BCUT2D eigenvalue weighted by molar-refractivity contribution is -0.00332. The first kappa shape index (κ1) is 18.7. The van der Waals surface area contributed by atoms with Crippen molar-refractivity contribution in [2.24, 2.45) is 0 Å². The van der Waals surface area contributed by atoms with E-state index in [2.05, 4.69) is 11.0 Å². The molecule has 2 aliphatic heterocycles. The van der Waals surface area contributed by atoms with Gasteiger partial charge in [-0.2, -0.15) is 5.26 Å². The molecular formula is C22H25N3O3. The van der Waals surface area contributed by atoms with Crippen molar-refractivity contribution in [2.45, 2.75) is 63.8 Å². The number of nitrogens with zero attached hydrogens (tertiary/aromatic N) is 3. The number of nitriles is 1. The van der Waals surface area contributed by atoms with Crippen molar-refractivity contribution in [3.05, 3.63) is 46.2 Å². The largest absolute Gasteiger partial charge is 0.459 e. The van der Waals surface area contributed by atoms with E-state index in [0.717, 1.165) is 36.6 Å². The number of aromatic nitrogens is 1. The van der Waals surface area contributed by atoms with Crippen LogP contribution in [0.25, 0.3) is 10.9 Å². The minimum atomic E-state index is -0.539. The van der Waals surface area contributed by atoms with Gasteiger partial charge in [0.2, 0.25) is 0 Å². The van der Waals surface area contributed by atoms with Crippen molar-refractivity contribution in [3.8, 4) is 6.07 Å². The van der Waals surface area contributed by atoms with Crippen LogP contribution < -0.4 is 5.56 Å². The topological polar surface area (TPSA) is 75.3 Å². The summed E-state index contributed by atoms with van der Waals surface area (Å²) in [5.74, 6) is -0.539. The molecule has 0 aliphatic carbocycles. The van der Waals surface area contributed by atoms with Crippen molar-refractivity contribution in [3.63, 3.8) is 0 Å². The number of hydrogen-bond acceptors (Lipinski definition) is 5. The Morgan fingerprint density at radius 1 is 1.25 bits per heavy atom. The summed E-state index contributed by atoms with van der Waals surface area (Å²) in [7, 11) is 0. The van der Waals surface area contributed by atoms with Gasteiger partial charge in [-0.3, -0.25) is 9.69 Å². The molecule has 2 bridgehead atoms. The molecule has 2 atom stereocenters. The second-order valence-corrected chi connectivity index (χ2v) is 8.10. The molecule has 6 nitrogen and oxygen atoms in total. The number of para-hydroxylation sites is 1. The highest BCUT2D eigenvalue weighted by atomic mass is 16.5. The van der Waals surface area contributed by atoms with Crippen LogP contribution in [0.3, 0.4) is 0 Å². The average Bonchev–Trinajstić information content (AvgIpc) is 2.90. The zero-order chi connectivity index (χ0) is 19.8. The minimum Gasteiger partial charge on any atom is -0.459 e. The Labute approximate surface area is 164 Å². The van der Waals surface area contributed by atoms with Crippen LogP contribution in [0.2, 0.25) is 0 Å². The molecule has 28 heavy (non-hydrogen) atoms. The lowest BCUT2D eigenvalue weighted by Gasteiger charge is -2.36. The predicted octanol–water partition coefficient (Wildman–Crippen LogP) is 3.26. The number of pyridine rings is 1. The number of fused-ring (bicyclic) bond motifs is 3. The molecule has 3 heterocycles. The SMILES string of the molecule is CC(C)n1c(=O)c(C(=O)OC2CC3CCC(C2)N3CC#N)cc2ccccc21. The van der Waals surface area contributed by atoms with Crippen LogP contribution in [-0.4, -0.2) is 40.2 Å². The predicted molar refractivity (Wildman–Crippen MR) is 106 cm³/mol. The number of rotatable bonds is 4. The highest BCUT2D eigenvalue weighted by Crippen LogP contribution is 2.36. The second kappa shape index (κ2) is 7.40. The highest BCUT2D eigenvalue weighted by Gasteiger charge is 2.42. The number of carbonyl (C=O) groups is 1. The van der Waals surface area contributed by atoms with E-state index < -0.39 is 5.97 Å². The van der Waals surface area contributed by atoms with Crippen LogP contribution in [0.5, 0.6) is 0 Å². The third kappa shape index (κ3) is 3.20. The zero-order valence-electron chi connectivity index (χ0n) is 16.3. The second-order valence-electron chi connectivity index (χ2n) is 8.10. The van der Waals surface area contributed by atoms with E-state index in [0.29, 0.717) is 18.6 Å². The molecule has 4 rings (SSSR count). The quantitative estimate of drug-likeness (QED) is 0.602. The smallest absolute Gasteiger partial charge is 0.344 e. The number of hydrogen-bond donors (Lipinski definition) is 0. The summed E-state index contributed by atoms with van der Waals surface area (Å²) >= 11 is 0. The summed E-state index contributed by atoms with van der Waals surface area (Å²) in [4.78, 5) is 28.1. The maximum atomic E-state index is 13.0. The van der Waals surface area contributed by atoms with Crippen molar-refractivity contribution < 1.29 is 9.53 Å². The molecule has 0 amide bonds. The Bertz CT molecular complexity index is 990. The molecule has 2 aromatic rings. The van der Waals surface area contributed by atoms with Gasteiger partial charge in [-0.05, 0) is 44.2 Å². The maximum absolute atomic E-state index is 13.0. The molecule has 2 fully saturated rings. The first-order valence-electron chi connectivity index (χ1n) is 9.97. The summed E-state index contributed by atoms with van der Waals surface area (Å²) < 4.78 is 7.45. The number of benzene rings is 1. The monoisotopic (exact) mass is 379 g/mol.